The lowest BCUT2D eigenvalue weighted by Crippen LogP contribution is -2.59. The molecule has 1 fully saturated rings. The van der Waals surface area contributed by atoms with Crippen LogP contribution < -0.4 is 5.32 Å². The number of ketones is 1. The molecule has 0 aliphatic carbocycles. The number of aliphatic hydroxyl groups excluding tert-OH is 4. The van der Waals surface area contributed by atoms with Crippen LogP contribution in [-0.2, 0) is 9.47 Å². The van der Waals surface area contributed by atoms with Gasteiger partial charge in [0.25, 0.3) is 5.91 Å². The predicted molar refractivity (Wildman–Crippen MR) is 108 cm³/mol. The molecule has 1 aliphatic heterocycles. The molecule has 5 atom stereocenters. The smallest absolute Gasteiger partial charge is 0.251 e. The highest BCUT2D eigenvalue weighted by molar-refractivity contribution is 6.09. The van der Waals surface area contributed by atoms with E-state index < -0.39 is 37.3 Å². The van der Waals surface area contributed by atoms with E-state index >= 15 is 0 Å². The molecule has 1 amide bonds. The molecule has 1 heterocycles. The average molecular weight is 431 g/mol. The number of aliphatic hydroxyl groups is 4. The van der Waals surface area contributed by atoms with Crippen LogP contribution in [0.2, 0.25) is 0 Å². The van der Waals surface area contributed by atoms with Crippen molar-refractivity contribution in [2.75, 3.05) is 19.8 Å². The van der Waals surface area contributed by atoms with E-state index in [0.29, 0.717) is 16.7 Å². The summed E-state index contributed by atoms with van der Waals surface area (Å²) in [5.41, 5.74) is 1.39. The number of carbonyl (C=O) groups is 2. The van der Waals surface area contributed by atoms with Crippen molar-refractivity contribution in [3.63, 3.8) is 0 Å². The van der Waals surface area contributed by atoms with Crippen molar-refractivity contribution in [3.8, 4) is 0 Å². The molecule has 1 aliphatic rings. The van der Waals surface area contributed by atoms with Crippen LogP contribution in [0.5, 0.6) is 0 Å². The molecule has 166 valence electrons. The quantitative estimate of drug-likeness (QED) is 0.277. The number of ether oxygens (including phenoxy) is 2. The molecular formula is C22H25NO8. The van der Waals surface area contributed by atoms with Gasteiger partial charge in [0, 0.05) is 23.2 Å². The zero-order valence-corrected chi connectivity index (χ0v) is 16.6. The molecule has 2 aromatic rings. The van der Waals surface area contributed by atoms with Gasteiger partial charge in [-0.25, -0.2) is 0 Å². The number of hydrogen-bond donors (Lipinski definition) is 5. The summed E-state index contributed by atoms with van der Waals surface area (Å²) in [5, 5.41) is 41.2. The molecule has 0 spiro atoms. The van der Waals surface area contributed by atoms with E-state index in [4.69, 9.17) is 14.6 Å². The van der Waals surface area contributed by atoms with Gasteiger partial charge in [-0.05, 0) is 12.1 Å². The first-order chi connectivity index (χ1) is 14.9. The molecule has 5 N–H and O–H groups in total. The van der Waals surface area contributed by atoms with Crippen LogP contribution >= 0.6 is 0 Å². The number of benzene rings is 2. The van der Waals surface area contributed by atoms with Crippen molar-refractivity contribution in [2.24, 2.45) is 0 Å². The van der Waals surface area contributed by atoms with Crippen molar-refractivity contribution in [1.82, 2.24) is 5.32 Å². The van der Waals surface area contributed by atoms with Gasteiger partial charge in [0.15, 0.2) is 12.1 Å². The Morgan fingerprint density at radius 2 is 1.48 bits per heavy atom. The molecule has 0 bridgehead atoms. The van der Waals surface area contributed by atoms with Crippen LogP contribution in [-0.4, -0.2) is 82.6 Å². The van der Waals surface area contributed by atoms with E-state index in [0.717, 1.165) is 0 Å². The number of carbonyl (C=O) groups excluding carboxylic acids is 2. The van der Waals surface area contributed by atoms with E-state index in [1.165, 1.54) is 0 Å². The van der Waals surface area contributed by atoms with Crippen LogP contribution in [0.3, 0.4) is 0 Å². The summed E-state index contributed by atoms with van der Waals surface area (Å²) in [7, 11) is 0. The molecule has 9 heteroatoms. The van der Waals surface area contributed by atoms with Gasteiger partial charge in [-0.3, -0.25) is 9.59 Å². The van der Waals surface area contributed by atoms with Crippen molar-refractivity contribution in [2.45, 2.75) is 30.7 Å². The Balaban J connectivity index is 1.47. The fraction of sp³-hybridized carbons (Fsp3) is 0.364. The van der Waals surface area contributed by atoms with Gasteiger partial charge in [0.1, 0.15) is 24.4 Å². The van der Waals surface area contributed by atoms with Gasteiger partial charge in [0.2, 0.25) is 0 Å². The standard InChI is InChI=1S/C22H25NO8/c24-12-16-18(26)19(27)20(28)22(31-16)30-11-10-23-21(29)15-8-6-14(7-9-15)17(25)13-4-2-1-3-5-13/h1-9,16,18-20,22,24,26-28H,10-12H2,(H,23,29)/t16-,18-,19+,20+,22+/m1/s1. The molecular weight excluding hydrogens is 406 g/mol. The summed E-state index contributed by atoms with van der Waals surface area (Å²) < 4.78 is 10.5. The Labute approximate surface area is 178 Å². The molecule has 0 aromatic heterocycles. The highest BCUT2D eigenvalue weighted by Crippen LogP contribution is 2.21. The lowest BCUT2D eigenvalue weighted by atomic mass is 9.99. The topological polar surface area (TPSA) is 146 Å². The van der Waals surface area contributed by atoms with Crippen LogP contribution in [0.25, 0.3) is 0 Å². The molecule has 1 saturated heterocycles. The van der Waals surface area contributed by atoms with Gasteiger partial charge in [-0.15, -0.1) is 0 Å². The van der Waals surface area contributed by atoms with Gasteiger partial charge in [0.05, 0.1) is 13.2 Å². The van der Waals surface area contributed by atoms with Crippen LogP contribution in [0.15, 0.2) is 54.6 Å². The molecule has 3 rings (SSSR count). The minimum absolute atomic E-state index is 0.0427. The summed E-state index contributed by atoms with van der Waals surface area (Å²) in [6, 6.07) is 15.1. The highest BCUT2D eigenvalue weighted by atomic mass is 16.7. The third-order valence-corrected chi connectivity index (χ3v) is 4.96. The maximum atomic E-state index is 12.4. The van der Waals surface area contributed by atoms with Gasteiger partial charge in [-0.2, -0.15) is 0 Å². The fourth-order valence-electron chi connectivity index (χ4n) is 3.18. The Bertz CT molecular complexity index is 871. The van der Waals surface area contributed by atoms with E-state index in [1.807, 2.05) is 6.07 Å². The van der Waals surface area contributed by atoms with Crippen molar-refractivity contribution in [3.05, 3.63) is 71.3 Å². The number of nitrogens with one attached hydrogen (secondary N) is 1. The summed E-state index contributed by atoms with van der Waals surface area (Å²) >= 11 is 0. The third kappa shape index (κ3) is 5.53. The second kappa shape index (κ2) is 10.6. The zero-order chi connectivity index (χ0) is 22.4. The molecule has 0 saturated carbocycles. The zero-order valence-electron chi connectivity index (χ0n) is 16.6. The first-order valence-electron chi connectivity index (χ1n) is 9.82. The summed E-state index contributed by atoms with van der Waals surface area (Å²) in [5.74, 6) is -0.517. The molecule has 31 heavy (non-hydrogen) atoms. The second-order valence-corrected chi connectivity index (χ2v) is 7.10. The minimum Gasteiger partial charge on any atom is -0.394 e. The van der Waals surface area contributed by atoms with Gasteiger partial charge in [-0.1, -0.05) is 42.5 Å². The van der Waals surface area contributed by atoms with Crippen LogP contribution in [0, 0.1) is 0 Å². The third-order valence-electron chi connectivity index (χ3n) is 4.96. The SMILES string of the molecule is O=C(NCCO[C@H]1O[C@H](CO)[C@@H](O)[C@H](O)[C@@H]1O)c1ccc(C(=O)c2ccccc2)cc1. The molecule has 0 unspecified atom stereocenters. The Morgan fingerprint density at radius 3 is 2.13 bits per heavy atom. The van der Waals surface area contributed by atoms with Crippen molar-refractivity contribution >= 4 is 11.7 Å². The lowest BCUT2D eigenvalue weighted by molar-refractivity contribution is -0.300. The van der Waals surface area contributed by atoms with Gasteiger partial charge < -0.3 is 35.2 Å². The van der Waals surface area contributed by atoms with E-state index in [1.54, 1.807) is 48.5 Å². The first kappa shape index (κ1) is 23.0. The van der Waals surface area contributed by atoms with E-state index in [-0.39, 0.29) is 24.8 Å². The maximum Gasteiger partial charge on any atom is 0.251 e. The van der Waals surface area contributed by atoms with Gasteiger partial charge >= 0.3 is 0 Å². The Morgan fingerprint density at radius 1 is 0.871 bits per heavy atom. The predicted octanol–water partition coefficient (Wildman–Crippen LogP) is -0.536. The molecule has 9 nitrogen and oxygen atoms in total. The van der Waals surface area contributed by atoms with Crippen LogP contribution in [0.4, 0.5) is 0 Å². The first-order valence-corrected chi connectivity index (χ1v) is 9.82. The Hall–Kier alpha value is -2.66. The normalized spacial score (nSPS) is 25.7. The largest absolute Gasteiger partial charge is 0.394 e. The van der Waals surface area contributed by atoms with Crippen molar-refractivity contribution in [1.29, 1.82) is 0 Å². The maximum absolute atomic E-state index is 12.4. The summed E-state index contributed by atoms with van der Waals surface area (Å²) in [4.78, 5) is 24.7. The number of amides is 1. The van der Waals surface area contributed by atoms with Crippen molar-refractivity contribution < 1.29 is 39.5 Å². The Kier molecular flexibility index (Phi) is 7.85. The average Bonchev–Trinajstić information content (AvgIpc) is 2.81. The minimum atomic E-state index is -1.53. The molecule has 2 aromatic carbocycles. The summed E-state index contributed by atoms with van der Waals surface area (Å²) in [6.45, 7) is -0.512. The monoisotopic (exact) mass is 431 g/mol. The highest BCUT2D eigenvalue weighted by Gasteiger charge is 2.43. The lowest BCUT2D eigenvalue weighted by Gasteiger charge is -2.39. The van der Waals surface area contributed by atoms with Crippen LogP contribution in [0.1, 0.15) is 26.3 Å². The summed E-state index contributed by atoms with van der Waals surface area (Å²) in [6.07, 6.45) is -6.80. The van der Waals surface area contributed by atoms with E-state index in [9.17, 15) is 24.9 Å². The van der Waals surface area contributed by atoms with E-state index in [2.05, 4.69) is 5.32 Å². The number of rotatable bonds is 8. The fourth-order valence-corrected chi connectivity index (χ4v) is 3.18. The second-order valence-electron chi connectivity index (χ2n) is 7.10. The molecule has 0 radical (unpaired) electrons. The number of hydrogen-bond acceptors (Lipinski definition) is 8.